The van der Waals surface area contributed by atoms with Crippen LogP contribution in [-0.4, -0.2) is 45.8 Å². The first-order valence-electron chi connectivity index (χ1n) is 9.67. The van der Waals surface area contributed by atoms with Crippen molar-refractivity contribution in [2.45, 2.75) is 32.4 Å². The van der Waals surface area contributed by atoms with E-state index < -0.39 is 17.7 Å². The Morgan fingerprint density at radius 3 is 2.64 bits per heavy atom. The van der Waals surface area contributed by atoms with Gasteiger partial charge in [-0.1, -0.05) is 6.07 Å². The molecule has 7 heteroatoms. The van der Waals surface area contributed by atoms with Gasteiger partial charge < -0.3 is 14.4 Å². The molecule has 4 rings (SSSR count). The van der Waals surface area contributed by atoms with Crippen LogP contribution in [0.25, 0.3) is 0 Å². The van der Waals surface area contributed by atoms with E-state index in [-0.39, 0.29) is 29.8 Å². The second kappa shape index (κ2) is 7.37. The maximum atomic E-state index is 14.6. The number of likely N-dealkylation sites (N-methyl/N-ethyl adjacent to an activating group) is 1. The predicted octanol–water partition coefficient (Wildman–Crippen LogP) is 2.96. The molecule has 1 fully saturated rings. The number of hydrogen-bond acceptors (Lipinski definition) is 2. The molecular formula is C21H23F2N3O2. The monoisotopic (exact) mass is 387 g/mol. The summed E-state index contributed by atoms with van der Waals surface area (Å²) in [6, 6.07) is 6.50. The van der Waals surface area contributed by atoms with Crippen LogP contribution in [-0.2, 0) is 16.1 Å². The highest BCUT2D eigenvalue weighted by molar-refractivity contribution is 5.87. The Labute approximate surface area is 162 Å². The van der Waals surface area contributed by atoms with Gasteiger partial charge in [0, 0.05) is 49.1 Å². The van der Waals surface area contributed by atoms with E-state index in [2.05, 4.69) is 0 Å². The second-order valence-corrected chi connectivity index (χ2v) is 7.41. The van der Waals surface area contributed by atoms with Crippen LogP contribution < -0.4 is 0 Å². The number of benzene rings is 1. The molecule has 2 aliphatic rings. The van der Waals surface area contributed by atoms with Crippen LogP contribution >= 0.6 is 0 Å². The number of hydrogen-bond donors (Lipinski definition) is 0. The molecule has 28 heavy (non-hydrogen) atoms. The highest BCUT2D eigenvalue weighted by Gasteiger charge is 2.37. The smallest absolute Gasteiger partial charge is 0.243 e. The Morgan fingerprint density at radius 1 is 1.18 bits per heavy atom. The lowest BCUT2D eigenvalue weighted by Gasteiger charge is -2.38. The topological polar surface area (TPSA) is 45.6 Å². The number of halogens is 2. The molecule has 1 aromatic heterocycles. The molecule has 1 unspecified atom stereocenters. The van der Waals surface area contributed by atoms with Crippen LogP contribution in [0.5, 0.6) is 0 Å². The van der Waals surface area contributed by atoms with Crippen LogP contribution in [0, 0.1) is 17.6 Å². The fourth-order valence-electron chi connectivity index (χ4n) is 3.89. The summed E-state index contributed by atoms with van der Waals surface area (Å²) in [5, 5.41) is 0. The Bertz CT molecular complexity index is 907. The molecule has 0 bridgehead atoms. The van der Waals surface area contributed by atoms with E-state index in [0.717, 1.165) is 24.6 Å². The molecule has 2 amide bonds. The van der Waals surface area contributed by atoms with Gasteiger partial charge in [0.05, 0.1) is 6.54 Å². The van der Waals surface area contributed by atoms with Gasteiger partial charge in [-0.25, -0.2) is 8.78 Å². The largest absolute Gasteiger partial charge is 0.348 e. The summed E-state index contributed by atoms with van der Waals surface area (Å²) in [6.07, 6.45) is 3.65. The summed E-state index contributed by atoms with van der Waals surface area (Å²) in [5.74, 6) is -1.51. The molecule has 0 radical (unpaired) electrons. The third-order valence-electron chi connectivity index (χ3n) is 5.56. The number of aromatic nitrogens is 1. The first-order valence-corrected chi connectivity index (χ1v) is 9.67. The summed E-state index contributed by atoms with van der Waals surface area (Å²) < 4.78 is 30.0. The molecule has 1 atom stereocenters. The third kappa shape index (κ3) is 3.41. The highest BCUT2D eigenvalue weighted by atomic mass is 19.1. The summed E-state index contributed by atoms with van der Waals surface area (Å²) in [5.41, 5.74) is 1.03. The second-order valence-electron chi connectivity index (χ2n) is 7.41. The Kier molecular flexibility index (Phi) is 4.91. The Hall–Kier alpha value is -2.70. The molecular weight excluding hydrogens is 364 g/mol. The van der Waals surface area contributed by atoms with Crippen molar-refractivity contribution >= 4 is 11.8 Å². The maximum absolute atomic E-state index is 14.6. The van der Waals surface area contributed by atoms with Crippen molar-refractivity contribution < 1.29 is 18.4 Å². The van der Waals surface area contributed by atoms with Crippen molar-refractivity contribution in [2.75, 3.05) is 19.6 Å². The quantitative estimate of drug-likeness (QED) is 0.792. The van der Waals surface area contributed by atoms with Crippen LogP contribution in [0.2, 0.25) is 0 Å². The highest BCUT2D eigenvalue weighted by Crippen LogP contribution is 2.35. The summed E-state index contributed by atoms with van der Waals surface area (Å²) >= 11 is 0. The van der Waals surface area contributed by atoms with E-state index in [4.69, 9.17) is 0 Å². The van der Waals surface area contributed by atoms with Gasteiger partial charge in [0.1, 0.15) is 17.7 Å². The predicted molar refractivity (Wildman–Crippen MR) is 99.3 cm³/mol. The van der Waals surface area contributed by atoms with Crippen molar-refractivity contribution in [1.29, 1.82) is 0 Å². The zero-order valence-electron chi connectivity index (χ0n) is 15.8. The molecule has 0 saturated heterocycles. The van der Waals surface area contributed by atoms with E-state index in [1.165, 1.54) is 12.1 Å². The number of carbonyl (C=O) groups excluding carboxylic acids is 2. The normalized spacial score (nSPS) is 18.7. The van der Waals surface area contributed by atoms with Crippen LogP contribution in [0.1, 0.15) is 37.1 Å². The average molecular weight is 387 g/mol. The molecule has 2 aromatic rings. The molecule has 0 N–H and O–H groups in total. The standard InChI is InChI=1S/C21H23F2N3O2/c1-2-24(21(28)14-5-6-14)13-19(27)26-11-10-25-9-3-4-18(25)20(26)16-8-7-15(22)12-17(16)23/h3-4,7-9,12,14,20H,2,5-6,10-11,13H2,1H3. The van der Waals surface area contributed by atoms with Crippen LogP contribution in [0.15, 0.2) is 36.5 Å². The van der Waals surface area contributed by atoms with E-state index in [1.54, 1.807) is 9.80 Å². The molecule has 5 nitrogen and oxygen atoms in total. The van der Waals surface area contributed by atoms with Crippen LogP contribution in [0.4, 0.5) is 8.78 Å². The van der Waals surface area contributed by atoms with Crippen molar-refractivity contribution in [2.24, 2.45) is 5.92 Å². The van der Waals surface area contributed by atoms with Gasteiger partial charge in [0.2, 0.25) is 11.8 Å². The molecule has 1 saturated carbocycles. The van der Waals surface area contributed by atoms with Gasteiger partial charge in [-0.3, -0.25) is 9.59 Å². The summed E-state index contributed by atoms with van der Waals surface area (Å²) in [4.78, 5) is 28.7. The lowest BCUT2D eigenvalue weighted by atomic mass is 9.99. The van der Waals surface area contributed by atoms with Crippen LogP contribution in [0.3, 0.4) is 0 Å². The van der Waals surface area contributed by atoms with E-state index in [1.807, 2.05) is 29.8 Å². The van der Waals surface area contributed by atoms with Gasteiger partial charge >= 0.3 is 0 Å². The Balaban J connectivity index is 1.64. The molecule has 1 aliphatic carbocycles. The summed E-state index contributed by atoms with van der Waals surface area (Å²) in [7, 11) is 0. The van der Waals surface area contributed by atoms with Gasteiger partial charge in [-0.15, -0.1) is 0 Å². The minimum Gasteiger partial charge on any atom is -0.348 e. The SMILES string of the molecule is CCN(CC(=O)N1CCn2cccc2C1c1ccc(F)cc1F)C(=O)C1CC1. The van der Waals surface area contributed by atoms with E-state index in [0.29, 0.717) is 19.6 Å². The first kappa shape index (κ1) is 18.7. The lowest BCUT2D eigenvalue weighted by molar-refractivity contribution is -0.142. The minimum atomic E-state index is -0.682. The number of nitrogens with zero attached hydrogens (tertiary/aromatic N) is 3. The number of carbonyl (C=O) groups is 2. The zero-order chi connectivity index (χ0) is 19.8. The average Bonchev–Trinajstić information content (AvgIpc) is 3.42. The van der Waals surface area contributed by atoms with Crippen molar-refractivity contribution in [3.05, 3.63) is 59.4 Å². The van der Waals surface area contributed by atoms with E-state index >= 15 is 0 Å². The van der Waals surface area contributed by atoms with Crippen molar-refractivity contribution in [1.82, 2.24) is 14.4 Å². The lowest BCUT2D eigenvalue weighted by Crippen LogP contribution is -2.48. The van der Waals surface area contributed by atoms with Gasteiger partial charge in [0.25, 0.3) is 0 Å². The number of rotatable bonds is 5. The fourth-order valence-corrected chi connectivity index (χ4v) is 3.89. The molecule has 148 valence electrons. The Morgan fingerprint density at radius 2 is 1.96 bits per heavy atom. The van der Waals surface area contributed by atoms with Crippen molar-refractivity contribution in [3.63, 3.8) is 0 Å². The van der Waals surface area contributed by atoms with Gasteiger partial charge in [-0.2, -0.15) is 0 Å². The van der Waals surface area contributed by atoms with E-state index in [9.17, 15) is 18.4 Å². The fraction of sp³-hybridized carbons (Fsp3) is 0.429. The minimum absolute atomic E-state index is 0.0146. The summed E-state index contributed by atoms with van der Waals surface area (Å²) in [6.45, 7) is 3.28. The van der Waals surface area contributed by atoms with Crippen molar-refractivity contribution in [3.8, 4) is 0 Å². The molecule has 1 aromatic carbocycles. The third-order valence-corrected chi connectivity index (χ3v) is 5.56. The first-order chi connectivity index (χ1) is 13.5. The number of amides is 2. The molecule has 2 heterocycles. The van der Waals surface area contributed by atoms with Gasteiger partial charge in [0.15, 0.2) is 0 Å². The maximum Gasteiger partial charge on any atom is 0.243 e. The molecule has 1 aliphatic heterocycles. The molecule has 0 spiro atoms. The number of fused-ring (bicyclic) bond motifs is 1. The zero-order valence-corrected chi connectivity index (χ0v) is 15.8. The van der Waals surface area contributed by atoms with Gasteiger partial charge in [-0.05, 0) is 38.0 Å².